The van der Waals surface area contributed by atoms with Crippen LogP contribution in [0.15, 0.2) is 0 Å². The topological polar surface area (TPSA) is 54.0 Å². The van der Waals surface area contributed by atoms with E-state index in [-0.39, 0.29) is 5.78 Å². The molecule has 0 rings (SSSR count). The molecule has 0 radical (unpaired) electrons. The lowest BCUT2D eigenvalue weighted by Gasteiger charge is -2.07. The SMILES string of the molecule is CCCCOCCOCCOCCOCCC(C)=O. The molecule has 0 N–H and O–H groups in total. The van der Waals surface area contributed by atoms with Crippen molar-refractivity contribution in [2.45, 2.75) is 33.1 Å². The number of ether oxygens (including phenoxy) is 4. The maximum atomic E-state index is 10.6. The lowest BCUT2D eigenvalue weighted by atomic mass is 10.3. The van der Waals surface area contributed by atoms with Crippen molar-refractivity contribution in [3.63, 3.8) is 0 Å². The van der Waals surface area contributed by atoms with E-state index in [2.05, 4.69) is 6.92 Å². The molecule has 0 aromatic rings. The van der Waals surface area contributed by atoms with Crippen molar-refractivity contribution >= 4 is 5.78 Å². The molecule has 114 valence electrons. The number of rotatable bonds is 15. The molecular weight excluding hydrogens is 248 g/mol. The predicted octanol–water partition coefficient (Wildman–Crippen LogP) is 1.83. The van der Waals surface area contributed by atoms with Crippen LogP contribution < -0.4 is 0 Å². The van der Waals surface area contributed by atoms with Gasteiger partial charge in [-0.05, 0) is 13.3 Å². The third-order valence-electron chi connectivity index (χ3n) is 2.36. The number of hydrogen-bond acceptors (Lipinski definition) is 5. The van der Waals surface area contributed by atoms with Gasteiger partial charge in [-0.1, -0.05) is 13.3 Å². The van der Waals surface area contributed by atoms with Crippen LogP contribution >= 0.6 is 0 Å². The van der Waals surface area contributed by atoms with E-state index in [9.17, 15) is 4.79 Å². The predicted molar refractivity (Wildman–Crippen MR) is 73.5 cm³/mol. The summed E-state index contributed by atoms with van der Waals surface area (Å²) in [5.41, 5.74) is 0. The second-order valence-corrected chi connectivity index (χ2v) is 4.26. The summed E-state index contributed by atoms with van der Waals surface area (Å²) in [7, 11) is 0. The van der Waals surface area contributed by atoms with E-state index < -0.39 is 0 Å². The maximum Gasteiger partial charge on any atom is 0.132 e. The molecule has 5 heteroatoms. The van der Waals surface area contributed by atoms with Gasteiger partial charge in [0.15, 0.2) is 0 Å². The van der Waals surface area contributed by atoms with Gasteiger partial charge in [0.25, 0.3) is 0 Å². The standard InChI is InChI=1S/C14H28O5/c1-3-4-6-16-8-10-18-12-13-19-11-9-17-7-5-14(2)15/h3-13H2,1-2H3. The summed E-state index contributed by atoms with van der Waals surface area (Å²) in [6.07, 6.45) is 2.73. The highest BCUT2D eigenvalue weighted by Gasteiger charge is 1.94. The second-order valence-electron chi connectivity index (χ2n) is 4.26. The first-order valence-electron chi connectivity index (χ1n) is 7.07. The van der Waals surface area contributed by atoms with E-state index in [1.165, 1.54) is 0 Å². The van der Waals surface area contributed by atoms with E-state index in [0.717, 1.165) is 19.4 Å². The van der Waals surface area contributed by atoms with Crippen LogP contribution in [0.3, 0.4) is 0 Å². The Balaban J connectivity index is 2.93. The number of unbranched alkanes of at least 4 members (excludes halogenated alkanes) is 1. The third-order valence-corrected chi connectivity index (χ3v) is 2.36. The Morgan fingerprint density at radius 1 is 0.737 bits per heavy atom. The minimum Gasteiger partial charge on any atom is -0.379 e. The van der Waals surface area contributed by atoms with Gasteiger partial charge in [-0.25, -0.2) is 0 Å². The Morgan fingerprint density at radius 3 is 1.58 bits per heavy atom. The van der Waals surface area contributed by atoms with Gasteiger partial charge in [0, 0.05) is 13.0 Å². The zero-order valence-corrected chi connectivity index (χ0v) is 12.3. The summed E-state index contributed by atoms with van der Waals surface area (Å²) in [6.45, 7) is 8.44. The fourth-order valence-electron chi connectivity index (χ4n) is 1.22. The molecule has 0 amide bonds. The van der Waals surface area contributed by atoms with Crippen LogP contribution in [0.2, 0.25) is 0 Å². The van der Waals surface area contributed by atoms with Gasteiger partial charge in [0.2, 0.25) is 0 Å². The number of hydrogen-bond donors (Lipinski definition) is 0. The van der Waals surface area contributed by atoms with Crippen LogP contribution in [0.1, 0.15) is 33.1 Å². The molecule has 5 nitrogen and oxygen atoms in total. The van der Waals surface area contributed by atoms with Gasteiger partial charge in [-0.3, -0.25) is 4.79 Å². The number of carbonyl (C=O) groups excluding carboxylic acids is 1. The molecule has 0 saturated heterocycles. The lowest BCUT2D eigenvalue weighted by molar-refractivity contribution is -0.118. The van der Waals surface area contributed by atoms with Gasteiger partial charge in [-0.15, -0.1) is 0 Å². The van der Waals surface area contributed by atoms with E-state index in [1.54, 1.807) is 6.92 Å². The van der Waals surface area contributed by atoms with Crippen LogP contribution in [0, 0.1) is 0 Å². The van der Waals surface area contributed by atoms with Gasteiger partial charge in [-0.2, -0.15) is 0 Å². The van der Waals surface area contributed by atoms with Crippen molar-refractivity contribution in [3.8, 4) is 0 Å². The molecule has 0 aromatic carbocycles. The summed E-state index contributed by atoms with van der Waals surface area (Å²) in [5.74, 6) is 0.149. The molecule has 0 spiro atoms. The quantitative estimate of drug-likeness (QED) is 0.427. The van der Waals surface area contributed by atoms with Crippen LogP contribution in [-0.4, -0.2) is 58.6 Å². The van der Waals surface area contributed by atoms with Crippen LogP contribution in [0.25, 0.3) is 0 Å². The van der Waals surface area contributed by atoms with Crippen molar-refractivity contribution in [1.29, 1.82) is 0 Å². The average Bonchev–Trinajstić information content (AvgIpc) is 2.39. The monoisotopic (exact) mass is 276 g/mol. The number of ketones is 1. The van der Waals surface area contributed by atoms with E-state index in [4.69, 9.17) is 18.9 Å². The van der Waals surface area contributed by atoms with Gasteiger partial charge < -0.3 is 18.9 Å². The normalized spacial score (nSPS) is 10.8. The average molecular weight is 276 g/mol. The first kappa shape index (κ1) is 18.5. The highest BCUT2D eigenvalue weighted by Crippen LogP contribution is 1.88. The van der Waals surface area contributed by atoms with Crippen LogP contribution in [0.4, 0.5) is 0 Å². The van der Waals surface area contributed by atoms with E-state index in [1.807, 2.05) is 0 Å². The first-order chi connectivity index (χ1) is 9.27. The molecular formula is C14H28O5. The Morgan fingerprint density at radius 2 is 1.16 bits per heavy atom. The van der Waals surface area contributed by atoms with Crippen molar-refractivity contribution < 1.29 is 23.7 Å². The van der Waals surface area contributed by atoms with Crippen LogP contribution in [-0.2, 0) is 23.7 Å². The Kier molecular flexibility index (Phi) is 15.2. The lowest BCUT2D eigenvalue weighted by Crippen LogP contribution is -2.12. The van der Waals surface area contributed by atoms with Gasteiger partial charge in [0.1, 0.15) is 5.78 Å². The second kappa shape index (κ2) is 15.6. The van der Waals surface area contributed by atoms with Crippen molar-refractivity contribution in [1.82, 2.24) is 0 Å². The van der Waals surface area contributed by atoms with Crippen molar-refractivity contribution in [3.05, 3.63) is 0 Å². The Bertz CT molecular complexity index is 196. The molecule has 0 aromatic heterocycles. The molecule has 19 heavy (non-hydrogen) atoms. The van der Waals surface area contributed by atoms with Crippen LogP contribution in [0.5, 0.6) is 0 Å². The minimum atomic E-state index is 0.149. The van der Waals surface area contributed by atoms with Gasteiger partial charge in [0.05, 0.1) is 46.2 Å². The summed E-state index contributed by atoms with van der Waals surface area (Å²) in [5, 5.41) is 0. The zero-order valence-electron chi connectivity index (χ0n) is 12.3. The van der Waals surface area contributed by atoms with Crippen molar-refractivity contribution in [2.75, 3.05) is 52.9 Å². The van der Waals surface area contributed by atoms with Gasteiger partial charge >= 0.3 is 0 Å². The largest absolute Gasteiger partial charge is 0.379 e. The molecule has 0 heterocycles. The molecule has 0 atom stereocenters. The Hall–Kier alpha value is -0.490. The molecule has 0 unspecified atom stereocenters. The third kappa shape index (κ3) is 17.5. The molecule has 0 saturated carbocycles. The molecule has 0 bridgehead atoms. The first-order valence-corrected chi connectivity index (χ1v) is 7.07. The molecule has 0 aliphatic rings. The zero-order chi connectivity index (χ0) is 14.2. The smallest absolute Gasteiger partial charge is 0.132 e. The van der Waals surface area contributed by atoms with E-state index >= 15 is 0 Å². The fraction of sp³-hybridized carbons (Fsp3) is 0.929. The summed E-state index contributed by atoms with van der Waals surface area (Å²) in [6, 6.07) is 0. The summed E-state index contributed by atoms with van der Waals surface area (Å²) >= 11 is 0. The highest BCUT2D eigenvalue weighted by atomic mass is 16.6. The van der Waals surface area contributed by atoms with Crippen molar-refractivity contribution in [2.24, 2.45) is 0 Å². The highest BCUT2D eigenvalue weighted by molar-refractivity contribution is 5.75. The fourth-order valence-corrected chi connectivity index (χ4v) is 1.22. The summed E-state index contributed by atoms with van der Waals surface area (Å²) in [4.78, 5) is 10.6. The molecule has 0 aliphatic carbocycles. The number of Topliss-reactive ketones (excluding diaryl/α,β-unsaturated/α-hetero) is 1. The minimum absolute atomic E-state index is 0.149. The molecule has 0 fully saturated rings. The summed E-state index contributed by atoms with van der Waals surface area (Å²) < 4.78 is 21.2. The number of carbonyl (C=O) groups is 1. The Labute approximate surface area is 116 Å². The maximum absolute atomic E-state index is 10.6. The molecule has 0 aliphatic heterocycles. The van der Waals surface area contributed by atoms with E-state index in [0.29, 0.717) is 52.7 Å².